The zero-order valence-corrected chi connectivity index (χ0v) is 16.6. The first-order valence-electron chi connectivity index (χ1n) is 8.57. The van der Waals surface area contributed by atoms with Gasteiger partial charge in [-0.3, -0.25) is 4.79 Å². The van der Waals surface area contributed by atoms with Gasteiger partial charge in [0.05, 0.1) is 11.5 Å². The fourth-order valence-electron chi connectivity index (χ4n) is 3.10. The molecular weight excluding hydrogens is 378 g/mol. The maximum atomic E-state index is 12.5. The van der Waals surface area contributed by atoms with E-state index in [-0.39, 0.29) is 48.3 Å². The third kappa shape index (κ3) is 6.21. The Morgan fingerprint density at radius 1 is 1.31 bits per heavy atom. The van der Waals surface area contributed by atoms with Crippen LogP contribution in [0.1, 0.15) is 36.0 Å². The van der Waals surface area contributed by atoms with Gasteiger partial charge in [-0.1, -0.05) is 18.9 Å². The van der Waals surface area contributed by atoms with Gasteiger partial charge in [-0.2, -0.15) is 0 Å². The van der Waals surface area contributed by atoms with Crippen molar-refractivity contribution in [2.75, 3.05) is 26.8 Å². The van der Waals surface area contributed by atoms with E-state index in [1.54, 1.807) is 12.1 Å². The van der Waals surface area contributed by atoms with E-state index in [9.17, 15) is 13.2 Å². The monoisotopic (exact) mass is 405 g/mol. The van der Waals surface area contributed by atoms with Gasteiger partial charge in [0, 0.05) is 25.3 Å². The summed E-state index contributed by atoms with van der Waals surface area (Å²) in [5, 5.41) is 3.01. The number of amides is 1. The average Bonchev–Trinajstić information content (AvgIpc) is 2.62. The minimum atomic E-state index is -3.67. The van der Waals surface area contributed by atoms with E-state index in [2.05, 4.69) is 10.0 Å². The molecule has 0 saturated heterocycles. The van der Waals surface area contributed by atoms with Crippen LogP contribution in [0.15, 0.2) is 29.2 Å². The van der Waals surface area contributed by atoms with Crippen LogP contribution in [-0.2, 0) is 14.8 Å². The first-order chi connectivity index (χ1) is 12.0. The normalized spacial score (nSPS) is 20.2. The number of carbonyl (C=O) groups excluding carboxylic acids is 1. The van der Waals surface area contributed by atoms with Crippen LogP contribution in [0.25, 0.3) is 0 Å². The molecule has 2 unspecified atom stereocenters. The summed E-state index contributed by atoms with van der Waals surface area (Å²) in [5.41, 5.74) is 6.13. The zero-order chi connectivity index (χ0) is 18.3. The number of nitrogens with two attached hydrogens (primary N) is 1. The Hall–Kier alpha value is -1.19. The molecule has 4 N–H and O–H groups in total. The SMILES string of the molecule is COCCNS(=O)(=O)c1cccc(C(=O)NC2CCCCC2CN)c1.Cl. The molecule has 0 heterocycles. The number of rotatable bonds is 8. The van der Waals surface area contributed by atoms with E-state index in [1.807, 2.05) is 0 Å². The van der Waals surface area contributed by atoms with Crippen LogP contribution in [0.3, 0.4) is 0 Å². The van der Waals surface area contributed by atoms with Crippen molar-refractivity contribution >= 4 is 28.3 Å². The Labute approximate surface area is 161 Å². The summed E-state index contributed by atoms with van der Waals surface area (Å²) in [6, 6.07) is 6.09. The molecule has 2 atom stereocenters. The third-order valence-electron chi connectivity index (χ3n) is 4.53. The lowest BCUT2D eigenvalue weighted by atomic mass is 9.84. The molecule has 7 nitrogen and oxygen atoms in total. The van der Waals surface area contributed by atoms with Crippen molar-refractivity contribution in [1.29, 1.82) is 0 Å². The molecule has 1 aliphatic rings. The smallest absolute Gasteiger partial charge is 0.251 e. The minimum Gasteiger partial charge on any atom is -0.383 e. The van der Waals surface area contributed by atoms with E-state index in [0.29, 0.717) is 12.1 Å². The van der Waals surface area contributed by atoms with Crippen LogP contribution in [0.2, 0.25) is 0 Å². The molecule has 0 bridgehead atoms. The lowest BCUT2D eigenvalue weighted by molar-refractivity contribution is 0.0908. The third-order valence-corrected chi connectivity index (χ3v) is 5.99. The number of ether oxygens (including phenoxy) is 1. The minimum absolute atomic E-state index is 0. The van der Waals surface area contributed by atoms with Gasteiger partial charge in [0.15, 0.2) is 0 Å². The van der Waals surface area contributed by atoms with Crippen LogP contribution < -0.4 is 15.8 Å². The molecule has 26 heavy (non-hydrogen) atoms. The highest BCUT2D eigenvalue weighted by Crippen LogP contribution is 2.24. The summed E-state index contributed by atoms with van der Waals surface area (Å²) < 4.78 is 31.8. The van der Waals surface area contributed by atoms with Crippen molar-refractivity contribution in [3.8, 4) is 0 Å². The maximum absolute atomic E-state index is 12.5. The lowest BCUT2D eigenvalue weighted by Gasteiger charge is -2.31. The van der Waals surface area contributed by atoms with Crippen molar-refractivity contribution in [3.05, 3.63) is 29.8 Å². The Morgan fingerprint density at radius 2 is 2.04 bits per heavy atom. The number of hydrogen-bond acceptors (Lipinski definition) is 5. The summed E-state index contributed by atoms with van der Waals surface area (Å²) in [7, 11) is -2.17. The van der Waals surface area contributed by atoms with E-state index in [1.165, 1.54) is 19.2 Å². The van der Waals surface area contributed by atoms with E-state index < -0.39 is 10.0 Å². The molecule has 1 saturated carbocycles. The van der Waals surface area contributed by atoms with Crippen molar-refractivity contribution in [2.24, 2.45) is 11.7 Å². The van der Waals surface area contributed by atoms with Crippen molar-refractivity contribution in [2.45, 2.75) is 36.6 Å². The molecule has 1 aliphatic carbocycles. The summed E-state index contributed by atoms with van der Waals surface area (Å²) in [5.74, 6) is 0.0135. The average molecular weight is 406 g/mol. The second-order valence-corrected chi connectivity index (χ2v) is 8.05. The number of carbonyl (C=O) groups is 1. The molecule has 1 amide bonds. The predicted molar refractivity (Wildman–Crippen MR) is 103 cm³/mol. The molecule has 0 radical (unpaired) electrons. The molecule has 0 aromatic heterocycles. The van der Waals surface area contributed by atoms with E-state index in [0.717, 1.165) is 25.7 Å². The molecular formula is C17H28ClN3O4S. The fourth-order valence-corrected chi connectivity index (χ4v) is 4.16. The van der Waals surface area contributed by atoms with E-state index >= 15 is 0 Å². The molecule has 1 fully saturated rings. The fraction of sp³-hybridized carbons (Fsp3) is 0.588. The van der Waals surface area contributed by atoms with Gasteiger partial charge in [-0.05, 0) is 43.5 Å². The highest BCUT2D eigenvalue weighted by Gasteiger charge is 2.26. The number of methoxy groups -OCH3 is 1. The van der Waals surface area contributed by atoms with Gasteiger partial charge in [0.2, 0.25) is 10.0 Å². The Morgan fingerprint density at radius 3 is 2.73 bits per heavy atom. The maximum Gasteiger partial charge on any atom is 0.251 e. The van der Waals surface area contributed by atoms with Gasteiger partial charge >= 0.3 is 0 Å². The summed E-state index contributed by atoms with van der Waals surface area (Å²) in [6.45, 7) is 1.000. The van der Waals surface area contributed by atoms with Gasteiger partial charge < -0.3 is 15.8 Å². The lowest BCUT2D eigenvalue weighted by Crippen LogP contribution is -2.44. The number of sulfonamides is 1. The second-order valence-electron chi connectivity index (χ2n) is 6.28. The standard InChI is InChI=1S/C17H27N3O4S.ClH/c1-24-10-9-19-25(22,23)15-7-4-6-13(11-15)17(21)20-16-8-3-2-5-14(16)12-18;/h4,6-7,11,14,16,19H,2-3,5,8-10,12,18H2,1H3,(H,20,21);1H. The molecule has 0 spiro atoms. The van der Waals surface area contributed by atoms with Crippen molar-refractivity contribution in [1.82, 2.24) is 10.0 Å². The Bertz CT molecular complexity index is 684. The first-order valence-corrected chi connectivity index (χ1v) is 10.1. The van der Waals surface area contributed by atoms with Crippen LogP contribution in [0, 0.1) is 5.92 Å². The zero-order valence-electron chi connectivity index (χ0n) is 14.9. The topological polar surface area (TPSA) is 111 Å². The summed E-state index contributed by atoms with van der Waals surface area (Å²) >= 11 is 0. The second kappa shape index (κ2) is 10.8. The summed E-state index contributed by atoms with van der Waals surface area (Å²) in [4.78, 5) is 12.6. The van der Waals surface area contributed by atoms with Gasteiger partial charge in [-0.15, -0.1) is 12.4 Å². The van der Waals surface area contributed by atoms with Gasteiger partial charge in [0.25, 0.3) is 5.91 Å². The Kier molecular flexibility index (Phi) is 9.52. The molecule has 2 rings (SSSR count). The van der Waals surface area contributed by atoms with Crippen molar-refractivity contribution < 1.29 is 17.9 Å². The van der Waals surface area contributed by atoms with Crippen LogP contribution in [-0.4, -0.2) is 47.2 Å². The molecule has 9 heteroatoms. The molecule has 0 aliphatic heterocycles. The molecule has 1 aromatic carbocycles. The van der Waals surface area contributed by atoms with Crippen LogP contribution in [0.4, 0.5) is 0 Å². The van der Waals surface area contributed by atoms with Crippen LogP contribution >= 0.6 is 12.4 Å². The largest absolute Gasteiger partial charge is 0.383 e. The van der Waals surface area contributed by atoms with Gasteiger partial charge in [0.1, 0.15) is 0 Å². The number of halogens is 1. The number of benzene rings is 1. The predicted octanol–water partition coefficient (Wildman–Crippen LogP) is 1.28. The molecule has 1 aromatic rings. The van der Waals surface area contributed by atoms with Gasteiger partial charge in [-0.25, -0.2) is 13.1 Å². The van der Waals surface area contributed by atoms with Crippen molar-refractivity contribution in [3.63, 3.8) is 0 Å². The highest BCUT2D eigenvalue weighted by atomic mass is 35.5. The summed E-state index contributed by atoms with van der Waals surface area (Å²) in [6.07, 6.45) is 4.12. The number of nitrogens with one attached hydrogen (secondary N) is 2. The number of hydrogen-bond donors (Lipinski definition) is 3. The first kappa shape index (κ1) is 22.9. The highest BCUT2D eigenvalue weighted by molar-refractivity contribution is 7.89. The Balaban J connectivity index is 0.00000338. The van der Waals surface area contributed by atoms with Crippen LogP contribution in [0.5, 0.6) is 0 Å². The van der Waals surface area contributed by atoms with E-state index in [4.69, 9.17) is 10.5 Å². The molecule has 148 valence electrons. The quantitative estimate of drug-likeness (QED) is 0.564.